The number of benzene rings is 2. The van der Waals surface area contributed by atoms with Gasteiger partial charge in [0, 0.05) is 20.9 Å². The Hall–Kier alpha value is -0.960. The van der Waals surface area contributed by atoms with E-state index in [-0.39, 0.29) is 6.04 Å². The topological polar surface area (TPSA) is 26.0 Å². The maximum atomic E-state index is 6.34. The molecule has 0 amide bonds. The van der Waals surface area contributed by atoms with Crippen LogP contribution in [0.4, 0.5) is 0 Å². The summed E-state index contributed by atoms with van der Waals surface area (Å²) in [4.78, 5) is 2.46. The minimum absolute atomic E-state index is 0.105. The second kappa shape index (κ2) is 6.66. The molecule has 0 radical (unpaired) electrons. The molecule has 0 bridgehead atoms. The molecular formula is C17H20ClNS. The molecule has 3 heteroatoms. The predicted molar refractivity (Wildman–Crippen MR) is 88.8 cm³/mol. The van der Waals surface area contributed by atoms with Gasteiger partial charge in [-0.05, 0) is 56.5 Å². The molecule has 2 N–H and O–H groups in total. The third-order valence-corrected chi connectivity index (χ3v) is 4.79. The maximum absolute atomic E-state index is 6.34. The van der Waals surface area contributed by atoms with Gasteiger partial charge in [-0.25, -0.2) is 0 Å². The lowest BCUT2D eigenvalue weighted by molar-refractivity contribution is 0.729. The standard InChI is InChI=1S/C17H20ClNS/c1-11-7-8-16(12(2)9-11)20-17-6-4-5-15(18)14(17)10-13(3)19/h4-9,13H,10,19H2,1-3H3. The van der Waals surface area contributed by atoms with Crippen molar-refractivity contribution in [3.05, 3.63) is 58.1 Å². The van der Waals surface area contributed by atoms with Crippen molar-refractivity contribution in [2.24, 2.45) is 5.73 Å². The number of halogens is 1. The minimum Gasteiger partial charge on any atom is -0.328 e. The highest BCUT2D eigenvalue weighted by Crippen LogP contribution is 2.36. The fourth-order valence-electron chi connectivity index (χ4n) is 2.19. The lowest BCUT2D eigenvalue weighted by Crippen LogP contribution is -2.18. The van der Waals surface area contributed by atoms with E-state index in [0.717, 1.165) is 17.0 Å². The number of rotatable bonds is 4. The van der Waals surface area contributed by atoms with Gasteiger partial charge in [-0.3, -0.25) is 0 Å². The number of hydrogen-bond acceptors (Lipinski definition) is 2. The molecule has 2 aromatic carbocycles. The van der Waals surface area contributed by atoms with Crippen LogP contribution in [0.5, 0.6) is 0 Å². The van der Waals surface area contributed by atoms with E-state index in [1.165, 1.54) is 20.9 Å². The zero-order valence-electron chi connectivity index (χ0n) is 12.1. The summed E-state index contributed by atoms with van der Waals surface area (Å²) < 4.78 is 0. The Labute approximate surface area is 130 Å². The van der Waals surface area contributed by atoms with Crippen LogP contribution in [-0.4, -0.2) is 6.04 Å². The van der Waals surface area contributed by atoms with Crippen molar-refractivity contribution in [2.45, 2.75) is 43.0 Å². The third kappa shape index (κ3) is 3.78. The van der Waals surface area contributed by atoms with Crippen molar-refractivity contribution in [1.29, 1.82) is 0 Å². The highest BCUT2D eigenvalue weighted by atomic mass is 35.5. The van der Waals surface area contributed by atoms with Gasteiger partial charge in [0.05, 0.1) is 0 Å². The van der Waals surface area contributed by atoms with Crippen molar-refractivity contribution in [3.63, 3.8) is 0 Å². The van der Waals surface area contributed by atoms with Crippen LogP contribution < -0.4 is 5.73 Å². The molecule has 1 atom stereocenters. The van der Waals surface area contributed by atoms with Gasteiger partial charge in [0.2, 0.25) is 0 Å². The summed E-state index contributed by atoms with van der Waals surface area (Å²) in [5, 5.41) is 0.803. The molecule has 0 fully saturated rings. The lowest BCUT2D eigenvalue weighted by Gasteiger charge is -2.14. The van der Waals surface area contributed by atoms with E-state index in [0.29, 0.717) is 0 Å². The van der Waals surface area contributed by atoms with Crippen LogP contribution in [0.3, 0.4) is 0 Å². The first-order chi connectivity index (χ1) is 9.47. The summed E-state index contributed by atoms with van der Waals surface area (Å²) in [7, 11) is 0. The summed E-state index contributed by atoms with van der Waals surface area (Å²) in [6.45, 7) is 6.27. The highest BCUT2D eigenvalue weighted by molar-refractivity contribution is 7.99. The van der Waals surface area contributed by atoms with Gasteiger partial charge in [-0.2, -0.15) is 0 Å². The summed E-state index contributed by atoms with van der Waals surface area (Å²) in [6.07, 6.45) is 0.799. The Kier molecular flexibility index (Phi) is 5.14. The van der Waals surface area contributed by atoms with Crippen molar-refractivity contribution >= 4 is 23.4 Å². The first-order valence-corrected chi connectivity index (χ1v) is 7.95. The zero-order chi connectivity index (χ0) is 14.7. The molecule has 20 heavy (non-hydrogen) atoms. The smallest absolute Gasteiger partial charge is 0.0449 e. The van der Waals surface area contributed by atoms with Gasteiger partial charge >= 0.3 is 0 Å². The van der Waals surface area contributed by atoms with E-state index in [1.54, 1.807) is 11.8 Å². The maximum Gasteiger partial charge on any atom is 0.0449 e. The molecule has 1 nitrogen and oxygen atoms in total. The van der Waals surface area contributed by atoms with Crippen molar-refractivity contribution in [3.8, 4) is 0 Å². The molecule has 0 spiro atoms. The van der Waals surface area contributed by atoms with Gasteiger partial charge in [-0.15, -0.1) is 0 Å². The van der Waals surface area contributed by atoms with E-state index in [4.69, 9.17) is 17.3 Å². The van der Waals surface area contributed by atoms with E-state index in [1.807, 2.05) is 19.1 Å². The highest BCUT2D eigenvalue weighted by Gasteiger charge is 2.11. The molecule has 0 saturated heterocycles. The second-order valence-electron chi connectivity index (χ2n) is 5.27. The molecule has 106 valence electrons. The van der Waals surface area contributed by atoms with E-state index < -0.39 is 0 Å². The van der Waals surface area contributed by atoms with Crippen molar-refractivity contribution < 1.29 is 0 Å². The Morgan fingerprint density at radius 2 is 1.90 bits per heavy atom. The fraction of sp³-hybridized carbons (Fsp3) is 0.294. The Bertz CT molecular complexity index is 608. The van der Waals surface area contributed by atoms with Gasteiger partial charge in [0.25, 0.3) is 0 Å². The summed E-state index contributed by atoms with van der Waals surface area (Å²) in [5.74, 6) is 0. The number of nitrogens with two attached hydrogens (primary N) is 1. The van der Waals surface area contributed by atoms with Gasteiger partial charge < -0.3 is 5.73 Å². The van der Waals surface area contributed by atoms with Crippen LogP contribution in [0.2, 0.25) is 5.02 Å². The average Bonchev–Trinajstić information content (AvgIpc) is 2.36. The number of aryl methyl sites for hydroxylation is 2. The first kappa shape index (κ1) is 15.4. The molecular weight excluding hydrogens is 286 g/mol. The number of hydrogen-bond donors (Lipinski definition) is 1. The van der Waals surface area contributed by atoms with Gasteiger partial charge in [-0.1, -0.05) is 47.1 Å². The van der Waals surface area contributed by atoms with Crippen LogP contribution in [0, 0.1) is 13.8 Å². The molecule has 1 unspecified atom stereocenters. The molecule has 0 aliphatic carbocycles. The van der Waals surface area contributed by atoms with Crippen LogP contribution >= 0.6 is 23.4 Å². The summed E-state index contributed by atoms with van der Waals surface area (Å²) >= 11 is 8.10. The quantitative estimate of drug-likeness (QED) is 0.860. The third-order valence-electron chi connectivity index (χ3n) is 3.15. The molecule has 0 aromatic heterocycles. The second-order valence-corrected chi connectivity index (χ2v) is 6.76. The Morgan fingerprint density at radius 1 is 1.15 bits per heavy atom. The first-order valence-electron chi connectivity index (χ1n) is 6.75. The summed E-state index contributed by atoms with van der Waals surface area (Å²) in [5.41, 5.74) is 9.66. The normalized spacial score (nSPS) is 12.4. The predicted octanol–water partition coefficient (Wildman–Crippen LogP) is 5.00. The minimum atomic E-state index is 0.105. The van der Waals surface area contributed by atoms with E-state index in [9.17, 15) is 0 Å². The Morgan fingerprint density at radius 3 is 2.55 bits per heavy atom. The Balaban J connectivity index is 2.35. The van der Waals surface area contributed by atoms with Crippen LogP contribution in [0.15, 0.2) is 46.2 Å². The molecule has 0 saturated carbocycles. The largest absolute Gasteiger partial charge is 0.328 e. The molecule has 0 aliphatic heterocycles. The van der Waals surface area contributed by atoms with E-state index >= 15 is 0 Å². The van der Waals surface area contributed by atoms with Crippen LogP contribution in [0.25, 0.3) is 0 Å². The van der Waals surface area contributed by atoms with Gasteiger partial charge in [0.15, 0.2) is 0 Å². The SMILES string of the molecule is Cc1ccc(Sc2cccc(Cl)c2CC(C)N)c(C)c1. The van der Waals surface area contributed by atoms with Crippen molar-refractivity contribution in [2.75, 3.05) is 0 Å². The fourth-order valence-corrected chi connectivity index (χ4v) is 3.55. The van der Waals surface area contributed by atoms with E-state index in [2.05, 4.69) is 38.1 Å². The monoisotopic (exact) mass is 305 g/mol. The average molecular weight is 306 g/mol. The summed E-state index contributed by atoms with van der Waals surface area (Å²) in [6, 6.07) is 12.7. The molecule has 2 rings (SSSR count). The molecule has 2 aromatic rings. The molecule has 0 heterocycles. The van der Waals surface area contributed by atoms with Gasteiger partial charge in [0.1, 0.15) is 0 Å². The van der Waals surface area contributed by atoms with Crippen molar-refractivity contribution in [1.82, 2.24) is 0 Å². The lowest BCUT2D eigenvalue weighted by atomic mass is 10.1. The van der Waals surface area contributed by atoms with Crippen LogP contribution in [-0.2, 0) is 6.42 Å². The van der Waals surface area contributed by atoms with Crippen LogP contribution in [0.1, 0.15) is 23.6 Å². The zero-order valence-corrected chi connectivity index (χ0v) is 13.7. The molecule has 0 aliphatic rings.